The largest absolute Gasteiger partial charge is 0.486 e. The Hall–Kier alpha value is -2.81. The van der Waals surface area contributed by atoms with E-state index in [1.54, 1.807) is 0 Å². The number of thiocarbonyl (C=S) groups is 1. The summed E-state index contributed by atoms with van der Waals surface area (Å²) in [7, 11) is 0. The van der Waals surface area contributed by atoms with E-state index in [9.17, 15) is 0 Å². The Morgan fingerprint density at radius 3 is 2.37 bits per heavy atom. The van der Waals surface area contributed by atoms with Crippen molar-refractivity contribution in [3.63, 3.8) is 0 Å². The molecule has 35 heavy (non-hydrogen) atoms. The molecule has 1 aromatic carbocycles. The van der Waals surface area contributed by atoms with Gasteiger partial charge in [-0.1, -0.05) is 19.9 Å². The first kappa shape index (κ1) is 23.9. The fourth-order valence-electron chi connectivity index (χ4n) is 5.30. The zero-order chi connectivity index (χ0) is 24.2. The summed E-state index contributed by atoms with van der Waals surface area (Å²) in [4.78, 5) is 14.5. The SMILES string of the molecule is C[C@@H]1C[C@@H](C)CN(c2cc(N3CCCCC3)nc(NC(=S)NCc3ccc4c(c3)OCCO4)n2)C1. The van der Waals surface area contributed by atoms with Gasteiger partial charge in [-0.15, -0.1) is 0 Å². The van der Waals surface area contributed by atoms with Crippen molar-refractivity contribution in [2.24, 2.45) is 11.8 Å². The van der Waals surface area contributed by atoms with Gasteiger partial charge in [0.2, 0.25) is 5.95 Å². The Labute approximate surface area is 213 Å². The number of anilines is 3. The van der Waals surface area contributed by atoms with Crippen molar-refractivity contribution in [1.82, 2.24) is 15.3 Å². The zero-order valence-corrected chi connectivity index (χ0v) is 21.6. The highest BCUT2D eigenvalue weighted by molar-refractivity contribution is 7.80. The van der Waals surface area contributed by atoms with Crippen LogP contribution in [0.25, 0.3) is 0 Å². The third-order valence-corrected chi connectivity index (χ3v) is 7.10. The van der Waals surface area contributed by atoms with Crippen molar-refractivity contribution >= 4 is 34.9 Å². The molecule has 8 nitrogen and oxygen atoms in total. The average Bonchev–Trinajstić information content (AvgIpc) is 2.87. The molecule has 1 aromatic heterocycles. The minimum Gasteiger partial charge on any atom is -0.486 e. The first-order valence-corrected chi connectivity index (χ1v) is 13.3. The van der Waals surface area contributed by atoms with E-state index in [2.05, 4.69) is 40.3 Å². The monoisotopic (exact) mass is 496 g/mol. The maximum absolute atomic E-state index is 5.69. The van der Waals surface area contributed by atoms with Crippen LogP contribution in [0.3, 0.4) is 0 Å². The molecule has 2 atom stereocenters. The molecule has 0 unspecified atom stereocenters. The fraction of sp³-hybridized carbons (Fsp3) is 0.577. The zero-order valence-electron chi connectivity index (χ0n) is 20.8. The summed E-state index contributed by atoms with van der Waals surface area (Å²) < 4.78 is 11.3. The number of hydrogen-bond acceptors (Lipinski definition) is 7. The minimum absolute atomic E-state index is 0.502. The lowest BCUT2D eigenvalue weighted by Gasteiger charge is -2.36. The van der Waals surface area contributed by atoms with Crippen LogP contribution in [0.2, 0.25) is 0 Å². The third kappa shape index (κ3) is 6.07. The van der Waals surface area contributed by atoms with Gasteiger partial charge in [0.05, 0.1) is 0 Å². The van der Waals surface area contributed by atoms with Crippen molar-refractivity contribution in [3.05, 3.63) is 29.8 Å². The molecule has 0 bridgehead atoms. The highest BCUT2D eigenvalue weighted by atomic mass is 32.1. The van der Waals surface area contributed by atoms with E-state index in [-0.39, 0.29) is 0 Å². The summed E-state index contributed by atoms with van der Waals surface area (Å²) in [5.41, 5.74) is 1.07. The van der Waals surface area contributed by atoms with Crippen LogP contribution in [-0.2, 0) is 6.54 Å². The molecule has 3 aliphatic rings. The number of hydrogen-bond donors (Lipinski definition) is 2. The van der Waals surface area contributed by atoms with E-state index in [0.717, 1.165) is 54.9 Å². The summed E-state index contributed by atoms with van der Waals surface area (Å²) in [6.07, 6.45) is 4.96. The van der Waals surface area contributed by atoms with Crippen LogP contribution in [0, 0.1) is 11.8 Å². The minimum atomic E-state index is 0.502. The van der Waals surface area contributed by atoms with E-state index in [0.29, 0.717) is 42.7 Å². The molecule has 0 saturated carbocycles. The second-order valence-corrected chi connectivity index (χ2v) is 10.5. The molecule has 2 aromatic rings. The van der Waals surface area contributed by atoms with E-state index >= 15 is 0 Å². The number of benzene rings is 1. The van der Waals surface area contributed by atoms with E-state index in [4.69, 9.17) is 31.7 Å². The molecule has 0 spiro atoms. The number of piperidine rings is 2. The quantitative estimate of drug-likeness (QED) is 0.592. The smallest absolute Gasteiger partial charge is 0.232 e. The summed E-state index contributed by atoms with van der Waals surface area (Å²) in [6, 6.07) is 8.12. The van der Waals surface area contributed by atoms with Crippen molar-refractivity contribution in [2.45, 2.75) is 46.1 Å². The first-order chi connectivity index (χ1) is 17.0. The van der Waals surface area contributed by atoms with E-state index < -0.39 is 0 Å². The molecule has 9 heteroatoms. The van der Waals surface area contributed by atoms with E-state index in [1.165, 1.54) is 25.7 Å². The second-order valence-electron chi connectivity index (χ2n) is 10.1. The normalized spacial score (nSPS) is 22.0. The summed E-state index contributed by atoms with van der Waals surface area (Å²) in [5.74, 6) is 5.39. The molecule has 5 rings (SSSR count). The van der Waals surface area contributed by atoms with Crippen molar-refractivity contribution in [3.8, 4) is 11.5 Å². The summed E-state index contributed by atoms with van der Waals surface area (Å²) >= 11 is 5.61. The van der Waals surface area contributed by atoms with Crippen molar-refractivity contribution in [1.29, 1.82) is 0 Å². The van der Waals surface area contributed by atoms with Crippen LogP contribution in [0.5, 0.6) is 11.5 Å². The molecule has 2 fully saturated rings. The molecule has 2 saturated heterocycles. The highest BCUT2D eigenvalue weighted by Crippen LogP contribution is 2.31. The first-order valence-electron chi connectivity index (χ1n) is 12.9. The van der Waals surface area contributed by atoms with Gasteiger partial charge in [-0.25, -0.2) is 0 Å². The lowest BCUT2D eigenvalue weighted by atomic mass is 9.92. The summed E-state index contributed by atoms with van der Waals surface area (Å²) in [5, 5.41) is 7.03. The summed E-state index contributed by atoms with van der Waals surface area (Å²) in [6.45, 7) is 10.5. The van der Waals surface area contributed by atoms with Crippen LogP contribution in [0.4, 0.5) is 17.6 Å². The lowest BCUT2D eigenvalue weighted by Crippen LogP contribution is -2.40. The van der Waals surface area contributed by atoms with Gasteiger partial charge in [0.15, 0.2) is 16.6 Å². The molecular formula is C26H36N6O2S. The Bertz CT molecular complexity index is 1030. The number of rotatable bonds is 5. The lowest BCUT2D eigenvalue weighted by molar-refractivity contribution is 0.171. The predicted octanol–water partition coefficient (Wildman–Crippen LogP) is 4.21. The number of nitrogens with zero attached hydrogens (tertiary/aromatic N) is 4. The van der Waals surface area contributed by atoms with Gasteiger partial charge in [0, 0.05) is 38.8 Å². The molecule has 4 heterocycles. The van der Waals surface area contributed by atoms with E-state index in [1.807, 2.05) is 18.2 Å². The topological polar surface area (TPSA) is 74.8 Å². The Kier molecular flexibility index (Phi) is 7.41. The van der Waals surface area contributed by atoms with Crippen molar-refractivity contribution < 1.29 is 9.47 Å². The second kappa shape index (κ2) is 10.8. The van der Waals surface area contributed by atoms with Crippen LogP contribution in [0.1, 0.15) is 45.1 Å². The number of ether oxygens (including phenoxy) is 2. The van der Waals surface area contributed by atoms with Gasteiger partial charge in [0.1, 0.15) is 24.8 Å². The Morgan fingerprint density at radius 1 is 0.943 bits per heavy atom. The predicted molar refractivity (Wildman–Crippen MR) is 144 cm³/mol. The van der Waals surface area contributed by atoms with Gasteiger partial charge in [-0.05, 0) is 67.4 Å². The van der Waals surface area contributed by atoms with Crippen LogP contribution >= 0.6 is 12.2 Å². The van der Waals surface area contributed by atoms with Crippen LogP contribution in [0.15, 0.2) is 24.3 Å². The number of fused-ring (bicyclic) bond motifs is 1. The third-order valence-electron chi connectivity index (χ3n) is 6.86. The van der Waals surface area contributed by atoms with Gasteiger partial charge >= 0.3 is 0 Å². The fourth-order valence-corrected chi connectivity index (χ4v) is 5.46. The van der Waals surface area contributed by atoms with Gasteiger partial charge < -0.3 is 29.9 Å². The molecular weight excluding hydrogens is 460 g/mol. The van der Waals surface area contributed by atoms with Gasteiger partial charge in [0.25, 0.3) is 0 Å². The van der Waals surface area contributed by atoms with Crippen LogP contribution < -0.4 is 29.9 Å². The molecule has 3 aliphatic heterocycles. The van der Waals surface area contributed by atoms with Gasteiger partial charge in [-0.3, -0.25) is 0 Å². The Morgan fingerprint density at radius 2 is 1.63 bits per heavy atom. The molecule has 2 N–H and O–H groups in total. The average molecular weight is 497 g/mol. The highest BCUT2D eigenvalue weighted by Gasteiger charge is 2.25. The van der Waals surface area contributed by atoms with Gasteiger partial charge in [-0.2, -0.15) is 9.97 Å². The molecule has 0 aliphatic carbocycles. The maximum atomic E-state index is 5.69. The molecule has 0 radical (unpaired) electrons. The van der Waals surface area contributed by atoms with Crippen LogP contribution in [-0.4, -0.2) is 54.5 Å². The maximum Gasteiger partial charge on any atom is 0.232 e. The molecule has 0 amide bonds. The number of aromatic nitrogens is 2. The molecule has 188 valence electrons. The standard InChI is InChI=1S/C26H36N6O2S/c1-18-12-19(2)17-32(16-18)24-14-23(31-8-4-3-5-9-31)28-25(29-24)30-26(35)27-15-20-6-7-21-22(13-20)34-11-10-33-21/h6-7,13-14,18-19H,3-5,8-12,15-17H2,1-2H3,(H2,27,28,29,30,35)/t18-,19-/m1/s1. The Balaban J connectivity index is 1.29. The van der Waals surface area contributed by atoms with Crippen molar-refractivity contribution in [2.75, 3.05) is 54.5 Å². The number of nitrogens with one attached hydrogen (secondary N) is 2.